The van der Waals surface area contributed by atoms with E-state index < -0.39 is 0 Å². The quantitative estimate of drug-likeness (QED) is 0.788. The van der Waals surface area contributed by atoms with Crippen LogP contribution in [-0.2, 0) is 6.54 Å². The summed E-state index contributed by atoms with van der Waals surface area (Å²) < 4.78 is 0. The molecule has 0 spiro atoms. The molecule has 122 valence electrons. The van der Waals surface area contributed by atoms with Gasteiger partial charge in [0.1, 0.15) is 5.82 Å². The van der Waals surface area contributed by atoms with Gasteiger partial charge in [0, 0.05) is 31.9 Å². The lowest BCUT2D eigenvalue weighted by Crippen LogP contribution is -2.42. The second kappa shape index (κ2) is 7.02. The van der Waals surface area contributed by atoms with Crippen molar-refractivity contribution in [2.24, 2.45) is 0 Å². The van der Waals surface area contributed by atoms with Gasteiger partial charge in [-0.15, -0.1) is 0 Å². The minimum atomic E-state index is 0.587. The zero-order valence-corrected chi connectivity index (χ0v) is 13.9. The Hall–Kier alpha value is -2.39. The van der Waals surface area contributed by atoms with Gasteiger partial charge in [0.15, 0.2) is 0 Å². The second-order valence-electron chi connectivity index (χ2n) is 6.47. The van der Waals surface area contributed by atoms with Crippen LogP contribution in [-0.4, -0.2) is 24.1 Å². The molecule has 1 fully saturated rings. The van der Waals surface area contributed by atoms with Crippen LogP contribution in [0.2, 0.25) is 0 Å². The third kappa shape index (κ3) is 3.26. The molecule has 24 heavy (non-hydrogen) atoms. The maximum absolute atomic E-state index is 4.46. The van der Waals surface area contributed by atoms with Gasteiger partial charge in [-0.3, -0.25) is 0 Å². The molecule has 1 aliphatic rings. The van der Waals surface area contributed by atoms with E-state index in [2.05, 4.69) is 69.8 Å². The molecule has 0 bridgehead atoms. The highest BCUT2D eigenvalue weighted by Gasteiger charge is 2.19. The van der Waals surface area contributed by atoms with Gasteiger partial charge in [-0.2, -0.15) is 0 Å². The molecule has 1 saturated heterocycles. The van der Waals surface area contributed by atoms with Crippen LogP contribution in [0.3, 0.4) is 0 Å². The van der Waals surface area contributed by atoms with Crippen molar-refractivity contribution in [3.8, 4) is 0 Å². The molecule has 1 N–H and O–H groups in total. The lowest BCUT2D eigenvalue weighted by Gasteiger charge is -2.33. The first kappa shape index (κ1) is 15.2. The molecule has 0 amide bonds. The molecule has 2 heterocycles. The van der Waals surface area contributed by atoms with Crippen LogP contribution in [0.4, 0.5) is 5.82 Å². The molecule has 3 aromatic rings. The van der Waals surface area contributed by atoms with Gasteiger partial charge in [0.2, 0.25) is 0 Å². The summed E-state index contributed by atoms with van der Waals surface area (Å²) in [5.41, 5.74) is 1.39. The average molecular weight is 317 g/mol. The van der Waals surface area contributed by atoms with Crippen molar-refractivity contribution in [3.05, 3.63) is 72.4 Å². The fraction of sp³-hybridized carbons (Fsp3) is 0.286. The zero-order chi connectivity index (χ0) is 16.2. The van der Waals surface area contributed by atoms with Gasteiger partial charge < -0.3 is 10.2 Å². The Morgan fingerprint density at radius 1 is 0.917 bits per heavy atom. The van der Waals surface area contributed by atoms with E-state index in [1.807, 2.05) is 12.3 Å². The van der Waals surface area contributed by atoms with E-state index >= 15 is 0 Å². The topological polar surface area (TPSA) is 28.2 Å². The largest absolute Gasteiger partial charge is 0.357 e. The molecule has 1 aliphatic heterocycles. The van der Waals surface area contributed by atoms with Crippen molar-refractivity contribution in [1.82, 2.24) is 10.3 Å². The van der Waals surface area contributed by atoms with Gasteiger partial charge in [-0.1, -0.05) is 48.5 Å². The van der Waals surface area contributed by atoms with Crippen LogP contribution in [0.15, 0.2) is 66.9 Å². The Kier molecular flexibility index (Phi) is 4.43. The normalized spacial score (nSPS) is 15.8. The number of fused-ring (bicyclic) bond motifs is 1. The van der Waals surface area contributed by atoms with Crippen molar-refractivity contribution in [2.75, 3.05) is 18.0 Å². The molecular weight excluding hydrogens is 294 g/mol. The minimum absolute atomic E-state index is 0.587. The maximum atomic E-state index is 4.46. The van der Waals surface area contributed by atoms with Crippen LogP contribution >= 0.6 is 0 Å². The standard InChI is InChI=1S/C21H23N3/c1-2-9-20-17(6-1)7-5-8-18(20)16-23-19-11-14-24(15-12-19)21-10-3-4-13-22-21/h1-10,13,19,23H,11-12,14-16H2. The summed E-state index contributed by atoms with van der Waals surface area (Å²) in [6, 6.07) is 21.9. The Morgan fingerprint density at radius 2 is 1.71 bits per heavy atom. The maximum Gasteiger partial charge on any atom is 0.128 e. The molecular formula is C21H23N3. The molecule has 0 radical (unpaired) electrons. The molecule has 0 unspecified atom stereocenters. The Labute approximate surface area is 143 Å². The third-order valence-corrected chi connectivity index (χ3v) is 4.93. The van der Waals surface area contributed by atoms with E-state index in [-0.39, 0.29) is 0 Å². The summed E-state index contributed by atoms with van der Waals surface area (Å²) in [5, 5.41) is 6.44. The van der Waals surface area contributed by atoms with E-state index in [1.54, 1.807) is 0 Å². The number of rotatable bonds is 4. The lowest BCUT2D eigenvalue weighted by atomic mass is 10.0. The lowest BCUT2D eigenvalue weighted by molar-refractivity contribution is 0.413. The summed E-state index contributed by atoms with van der Waals surface area (Å²) in [6.07, 6.45) is 4.21. The first-order chi connectivity index (χ1) is 11.9. The molecule has 4 rings (SSSR count). The van der Waals surface area contributed by atoms with Crippen molar-refractivity contribution >= 4 is 16.6 Å². The molecule has 0 aliphatic carbocycles. The predicted molar refractivity (Wildman–Crippen MR) is 100 cm³/mol. The number of aromatic nitrogens is 1. The number of nitrogens with zero attached hydrogens (tertiary/aromatic N) is 2. The summed E-state index contributed by atoms with van der Waals surface area (Å²) >= 11 is 0. The summed E-state index contributed by atoms with van der Waals surface area (Å²) in [6.45, 7) is 3.09. The van der Waals surface area contributed by atoms with E-state index in [9.17, 15) is 0 Å². The Balaban J connectivity index is 1.36. The van der Waals surface area contributed by atoms with Gasteiger partial charge in [-0.05, 0) is 41.3 Å². The average Bonchev–Trinajstić information content (AvgIpc) is 2.67. The van der Waals surface area contributed by atoms with Gasteiger partial charge >= 0.3 is 0 Å². The molecule has 3 heteroatoms. The fourth-order valence-corrected chi connectivity index (χ4v) is 3.55. The van der Waals surface area contributed by atoms with E-state index in [0.717, 1.165) is 25.5 Å². The molecule has 3 nitrogen and oxygen atoms in total. The SMILES string of the molecule is c1ccc(N2CCC(NCc3cccc4ccccc34)CC2)nc1. The number of pyridine rings is 1. The van der Waals surface area contributed by atoms with Gasteiger partial charge in [-0.25, -0.2) is 4.98 Å². The van der Waals surface area contributed by atoms with Gasteiger partial charge in [0.25, 0.3) is 0 Å². The van der Waals surface area contributed by atoms with Crippen LogP contribution in [0, 0.1) is 0 Å². The van der Waals surface area contributed by atoms with Crippen LogP contribution in [0.1, 0.15) is 18.4 Å². The first-order valence-corrected chi connectivity index (χ1v) is 8.76. The monoisotopic (exact) mass is 317 g/mol. The highest BCUT2D eigenvalue weighted by molar-refractivity contribution is 5.85. The number of benzene rings is 2. The molecule has 2 aromatic carbocycles. The smallest absolute Gasteiger partial charge is 0.128 e. The first-order valence-electron chi connectivity index (χ1n) is 8.76. The van der Waals surface area contributed by atoms with Crippen LogP contribution < -0.4 is 10.2 Å². The van der Waals surface area contributed by atoms with E-state index in [4.69, 9.17) is 0 Å². The second-order valence-corrected chi connectivity index (χ2v) is 6.47. The fourth-order valence-electron chi connectivity index (χ4n) is 3.55. The summed E-state index contributed by atoms with van der Waals surface area (Å²) in [4.78, 5) is 6.85. The van der Waals surface area contributed by atoms with Crippen LogP contribution in [0.25, 0.3) is 10.8 Å². The zero-order valence-electron chi connectivity index (χ0n) is 13.9. The van der Waals surface area contributed by atoms with Crippen LogP contribution in [0.5, 0.6) is 0 Å². The molecule has 1 aromatic heterocycles. The van der Waals surface area contributed by atoms with Crippen molar-refractivity contribution < 1.29 is 0 Å². The van der Waals surface area contributed by atoms with E-state index in [1.165, 1.54) is 29.2 Å². The van der Waals surface area contributed by atoms with Crippen molar-refractivity contribution in [3.63, 3.8) is 0 Å². The molecule has 0 atom stereocenters. The number of hydrogen-bond acceptors (Lipinski definition) is 3. The Bertz CT molecular complexity index is 787. The summed E-state index contributed by atoms with van der Waals surface area (Å²) in [7, 11) is 0. The van der Waals surface area contributed by atoms with Crippen molar-refractivity contribution in [2.45, 2.75) is 25.4 Å². The number of hydrogen-bond donors (Lipinski definition) is 1. The van der Waals surface area contributed by atoms with E-state index in [0.29, 0.717) is 6.04 Å². The number of piperidine rings is 1. The van der Waals surface area contributed by atoms with Gasteiger partial charge in [0.05, 0.1) is 0 Å². The molecule has 0 saturated carbocycles. The highest BCUT2D eigenvalue weighted by atomic mass is 15.2. The highest BCUT2D eigenvalue weighted by Crippen LogP contribution is 2.20. The van der Waals surface area contributed by atoms with Crippen molar-refractivity contribution in [1.29, 1.82) is 0 Å². The number of nitrogens with one attached hydrogen (secondary N) is 1. The summed E-state index contributed by atoms with van der Waals surface area (Å²) in [5.74, 6) is 1.10. The third-order valence-electron chi connectivity index (χ3n) is 4.93. The number of anilines is 1. The Morgan fingerprint density at radius 3 is 2.54 bits per heavy atom. The predicted octanol–water partition coefficient (Wildman–Crippen LogP) is 3.99. The minimum Gasteiger partial charge on any atom is -0.357 e.